The lowest BCUT2D eigenvalue weighted by Gasteiger charge is -2.30. The number of carboxylic acid groups (broad SMARTS) is 1. The van der Waals surface area contributed by atoms with E-state index < -0.39 is 5.97 Å². The van der Waals surface area contributed by atoms with Crippen LogP contribution >= 0.6 is 11.6 Å². The van der Waals surface area contributed by atoms with Crippen LogP contribution in [0.4, 0.5) is 11.6 Å². The Hall–Kier alpha value is -3.13. The van der Waals surface area contributed by atoms with Crippen molar-refractivity contribution in [3.63, 3.8) is 0 Å². The van der Waals surface area contributed by atoms with Crippen LogP contribution in [0.25, 0.3) is 10.9 Å². The third-order valence-electron chi connectivity index (χ3n) is 6.61. The van der Waals surface area contributed by atoms with Gasteiger partial charge in [-0.15, -0.1) is 0 Å². The summed E-state index contributed by atoms with van der Waals surface area (Å²) in [6.45, 7) is 5.70. The summed E-state index contributed by atoms with van der Waals surface area (Å²) in [5, 5.41) is 13.5. The average Bonchev–Trinajstić information content (AvgIpc) is 3.65. The highest BCUT2D eigenvalue weighted by atomic mass is 35.5. The molecule has 5 rings (SSSR count). The summed E-state index contributed by atoms with van der Waals surface area (Å²) in [6, 6.07) is 6.99. The summed E-state index contributed by atoms with van der Waals surface area (Å²) >= 11 is 5.91. The second kappa shape index (κ2) is 8.91. The van der Waals surface area contributed by atoms with Crippen LogP contribution in [0.1, 0.15) is 72.7 Å². The number of nitrogens with zero attached hydrogens (tertiary/aromatic N) is 4. The molecule has 0 amide bonds. The number of hydrogen-bond acceptors (Lipinski definition) is 6. The van der Waals surface area contributed by atoms with Gasteiger partial charge in [-0.25, -0.2) is 14.8 Å². The summed E-state index contributed by atoms with van der Waals surface area (Å²) < 4.78 is 1.90. The van der Waals surface area contributed by atoms with Crippen LogP contribution in [0.3, 0.4) is 0 Å². The minimum Gasteiger partial charge on any atom is -0.476 e. The number of piperidine rings is 1. The van der Waals surface area contributed by atoms with Crippen molar-refractivity contribution in [1.29, 1.82) is 0 Å². The molecule has 9 heteroatoms. The van der Waals surface area contributed by atoms with Gasteiger partial charge < -0.3 is 15.3 Å². The number of rotatable bonds is 6. The number of anilines is 2. The zero-order valence-corrected chi connectivity index (χ0v) is 20.1. The van der Waals surface area contributed by atoms with Gasteiger partial charge in [0, 0.05) is 24.7 Å². The van der Waals surface area contributed by atoms with Gasteiger partial charge in [-0.05, 0) is 69.7 Å². The van der Waals surface area contributed by atoms with E-state index in [9.17, 15) is 14.7 Å². The molecule has 0 bridgehead atoms. The van der Waals surface area contributed by atoms with Crippen molar-refractivity contribution in [3.8, 4) is 0 Å². The normalized spacial score (nSPS) is 17.1. The zero-order valence-electron chi connectivity index (χ0n) is 19.3. The number of aromatic nitrogens is 3. The van der Waals surface area contributed by atoms with Gasteiger partial charge in [0.1, 0.15) is 5.15 Å². The quantitative estimate of drug-likeness (QED) is 0.480. The van der Waals surface area contributed by atoms with Crippen molar-refractivity contribution in [3.05, 3.63) is 56.6 Å². The maximum atomic E-state index is 13.7. The second-order valence-electron chi connectivity index (χ2n) is 9.32. The number of pyridine rings is 1. The van der Waals surface area contributed by atoms with E-state index >= 15 is 0 Å². The Morgan fingerprint density at radius 2 is 1.91 bits per heavy atom. The molecular weight excluding hydrogens is 454 g/mol. The molecule has 0 unspecified atom stereocenters. The molecule has 2 fully saturated rings. The van der Waals surface area contributed by atoms with Crippen LogP contribution in [0.15, 0.2) is 29.1 Å². The predicted molar refractivity (Wildman–Crippen MR) is 133 cm³/mol. The Morgan fingerprint density at radius 3 is 2.59 bits per heavy atom. The maximum absolute atomic E-state index is 13.7. The van der Waals surface area contributed by atoms with E-state index in [1.54, 1.807) is 12.1 Å². The number of carboxylic acids is 1. The molecule has 2 N–H and O–H groups in total. The number of aryl methyl sites for hydroxylation is 1. The minimum absolute atomic E-state index is 0.00427. The first-order valence-corrected chi connectivity index (χ1v) is 12.2. The highest BCUT2D eigenvalue weighted by molar-refractivity contribution is 6.29. The Labute approximate surface area is 202 Å². The molecule has 3 aromatic rings. The van der Waals surface area contributed by atoms with Crippen molar-refractivity contribution < 1.29 is 9.90 Å². The second-order valence-corrected chi connectivity index (χ2v) is 9.70. The molecule has 1 saturated carbocycles. The number of fused-ring (bicyclic) bond motifs is 1. The molecule has 0 spiro atoms. The Morgan fingerprint density at radius 1 is 1.18 bits per heavy atom. The Balaban J connectivity index is 1.63. The molecule has 1 aliphatic heterocycles. The molecule has 1 aromatic carbocycles. The van der Waals surface area contributed by atoms with E-state index in [1.807, 2.05) is 30.5 Å². The lowest BCUT2D eigenvalue weighted by molar-refractivity contribution is 0.0691. The summed E-state index contributed by atoms with van der Waals surface area (Å²) in [7, 11) is 0. The molecule has 8 nitrogen and oxygen atoms in total. The SMILES string of the molecule is Cc1cc([C@@H](C)Nc2ccc(Cl)nc2C(=O)O)c2nc(N3CCCCC3)n(C3CC3)c(=O)c2c1. The molecular formula is C25H28ClN5O3. The smallest absolute Gasteiger partial charge is 0.356 e. The van der Waals surface area contributed by atoms with Gasteiger partial charge in [0.05, 0.1) is 22.6 Å². The number of hydrogen-bond donors (Lipinski definition) is 2. The highest BCUT2D eigenvalue weighted by Gasteiger charge is 2.31. The maximum Gasteiger partial charge on any atom is 0.356 e. The molecule has 178 valence electrons. The molecule has 3 heterocycles. The van der Waals surface area contributed by atoms with E-state index in [-0.39, 0.29) is 28.5 Å². The monoisotopic (exact) mass is 481 g/mol. The summed E-state index contributed by atoms with van der Waals surface area (Å²) in [4.78, 5) is 36.7. The van der Waals surface area contributed by atoms with Gasteiger partial charge in [0.2, 0.25) is 5.95 Å². The van der Waals surface area contributed by atoms with Gasteiger partial charge in [0.25, 0.3) is 5.56 Å². The summed E-state index contributed by atoms with van der Waals surface area (Å²) in [5.41, 5.74) is 2.68. The van der Waals surface area contributed by atoms with Crippen molar-refractivity contribution in [2.24, 2.45) is 0 Å². The minimum atomic E-state index is -1.16. The molecule has 1 atom stereocenters. The summed E-state index contributed by atoms with van der Waals surface area (Å²) in [6.07, 6.45) is 5.40. The molecule has 2 aromatic heterocycles. The largest absolute Gasteiger partial charge is 0.476 e. The molecule has 2 aliphatic rings. The van der Waals surface area contributed by atoms with E-state index in [4.69, 9.17) is 16.6 Å². The number of carbonyl (C=O) groups is 1. The van der Waals surface area contributed by atoms with Gasteiger partial charge >= 0.3 is 5.97 Å². The predicted octanol–water partition coefficient (Wildman–Crippen LogP) is 4.95. The Bertz CT molecular complexity index is 1330. The standard InChI is InChI=1S/C25H28ClN5O3/c1-14-12-17(15(2)27-19-8-9-20(26)28-22(19)24(33)34)21-18(13-14)23(32)31(16-6-7-16)25(29-21)30-10-4-3-5-11-30/h8-9,12-13,15-16,27H,3-7,10-11H2,1-2H3,(H,33,34)/t15-/m1/s1. The summed E-state index contributed by atoms with van der Waals surface area (Å²) in [5.74, 6) is -0.402. The third kappa shape index (κ3) is 4.22. The van der Waals surface area contributed by atoms with E-state index in [2.05, 4.69) is 15.2 Å². The molecule has 34 heavy (non-hydrogen) atoms. The van der Waals surface area contributed by atoms with E-state index in [0.29, 0.717) is 16.6 Å². The fraction of sp³-hybridized carbons (Fsp3) is 0.440. The van der Waals surface area contributed by atoms with Gasteiger partial charge in [-0.1, -0.05) is 17.7 Å². The van der Waals surface area contributed by atoms with Crippen LogP contribution in [0.2, 0.25) is 5.15 Å². The first-order chi connectivity index (χ1) is 16.3. The van der Waals surface area contributed by atoms with Crippen LogP contribution < -0.4 is 15.8 Å². The molecule has 1 saturated heterocycles. The third-order valence-corrected chi connectivity index (χ3v) is 6.82. The van der Waals surface area contributed by atoms with Crippen LogP contribution in [0, 0.1) is 6.92 Å². The fourth-order valence-corrected chi connectivity index (χ4v) is 4.95. The number of benzene rings is 1. The molecule has 0 radical (unpaired) electrons. The molecule has 1 aliphatic carbocycles. The fourth-order valence-electron chi connectivity index (χ4n) is 4.80. The van der Waals surface area contributed by atoms with Crippen LogP contribution in [-0.2, 0) is 0 Å². The van der Waals surface area contributed by atoms with Gasteiger partial charge in [0.15, 0.2) is 5.69 Å². The number of aromatic carboxylic acids is 1. The van der Waals surface area contributed by atoms with Crippen molar-refractivity contribution >= 4 is 40.1 Å². The number of halogens is 1. The van der Waals surface area contributed by atoms with E-state index in [0.717, 1.165) is 55.8 Å². The average molecular weight is 482 g/mol. The van der Waals surface area contributed by atoms with Gasteiger partial charge in [-0.3, -0.25) is 9.36 Å². The number of nitrogens with one attached hydrogen (secondary N) is 1. The van der Waals surface area contributed by atoms with Crippen molar-refractivity contribution in [1.82, 2.24) is 14.5 Å². The van der Waals surface area contributed by atoms with Gasteiger partial charge in [-0.2, -0.15) is 0 Å². The van der Waals surface area contributed by atoms with Crippen molar-refractivity contribution in [2.45, 2.75) is 58.0 Å². The zero-order chi connectivity index (χ0) is 24.0. The van der Waals surface area contributed by atoms with Crippen molar-refractivity contribution in [2.75, 3.05) is 23.3 Å². The highest BCUT2D eigenvalue weighted by Crippen LogP contribution is 2.38. The first-order valence-electron chi connectivity index (χ1n) is 11.8. The first kappa shape index (κ1) is 22.7. The van der Waals surface area contributed by atoms with E-state index in [1.165, 1.54) is 6.42 Å². The van der Waals surface area contributed by atoms with Crippen LogP contribution in [0.5, 0.6) is 0 Å². The lowest BCUT2D eigenvalue weighted by atomic mass is 10.0. The topological polar surface area (TPSA) is 100 Å². The Kier molecular flexibility index (Phi) is 5.93. The van der Waals surface area contributed by atoms with Crippen LogP contribution in [-0.4, -0.2) is 38.7 Å². The lowest BCUT2D eigenvalue weighted by Crippen LogP contribution is -2.36.